The highest BCUT2D eigenvalue weighted by molar-refractivity contribution is 5.78. The molecular formula is C11H20N2O4. The van der Waals surface area contributed by atoms with Gasteiger partial charge in [-0.1, -0.05) is 0 Å². The van der Waals surface area contributed by atoms with Crippen LogP contribution in [0.5, 0.6) is 0 Å². The van der Waals surface area contributed by atoms with E-state index in [-0.39, 0.29) is 31.2 Å². The second kappa shape index (κ2) is 6.88. The summed E-state index contributed by atoms with van der Waals surface area (Å²) in [5.74, 6) is -1.26. The maximum absolute atomic E-state index is 11.5. The number of carbonyl (C=O) groups excluding carboxylic acids is 2. The van der Waals surface area contributed by atoms with Crippen molar-refractivity contribution in [1.82, 2.24) is 10.6 Å². The molecule has 0 spiro atoms. The summed E-state index contributed by atoms with van der Waals surface area (Å²) in [7, 11) is 0. The molecule has 0 aromatic rings. The van der Waals surface area contributed by atoms with Gasteiger partial charge in [-0.25, -0.2) is 0 Å². The third kappa shape index (κ3) is 9.35. The molecule has 0 radical (unpaired) electrons. The molecule has 0 saturated heterocycles. The molecule has 0 unspecified atom stereocenters. The third-order valence-corrected chi connectivity index (χ3v) is 2.17. The predicted octanol–water partition coefficient (Wildman–Crippen LogP) is 0.272. The van der Waals surface area contributed by atoms with Crippen molar-refractivity contribution in [2.45, 2.75) is 45.6 Å². The summed E-state index contributed by atoms with van der Waals surface area (Å²) in [6.45, 7) is 5.21. The van der Waals surface area contributed by atoms with Crippen molar-refractivity contribution in [2.24, 2.45) is 0 Å². The zero-order valence-corrected chi connectivity index (χ0v) is 10.5. The standard InChI is InChI=1S/C11H20N2O4/c1-8(14)12-7-5-9(15)13-11(2,3)6-4-10(16)17/h4-7H2,1-3H3,(H,12,14)(H,13,15)(H,16,17). The van der Waals surface area contributed by atoms with Crippen molar-refractivity contribution in [3.05, 3.63) is 0 Å². The van der Waals surface area contributed by atoms with E-state index in [2.05, 4.69) is 10.6 Å². The fourth-order valence-electron chi connectivity index (χ4n) is 1.27. The Balaban J connectivity index is 3.91. The molecule has 0 aromatic heterocycles. The second-order valence-corrected chi connectivity index (χ2v) is 4.56. The Morgan fingerprint density at radius 1 is 1.18 bits per heavy atom. The Morgan fingerprint density at radius 3 is 2.24 bits per heavy atom. The molecular weight excluding hydrogens is 224 g/mol. The van der Waals surface area contributed by atoms with E-state index in [1.54, 1.807) is 13.8 Å². The van der Waals surface area contributed by atoms with Crippen molar-refractivity contribution < 1.29 is 19.5 Å². The molecule has 0 bridgehead atoms. The molecule has 0 atom stereocenters. The Bertz CT molecular complexity index is 300. The quantitative estimate of drug-likeness (QED) is 0.599. The van der Waals surface area contributed by atoms with Gasteiger partial charge in [0.2, 0.25) is 11.8 Å². The van der Waals surface area contributed by atoms with E-state index in [1.165, 1.54) is 6.92 Å². The number of rotatable bonds is 7. The van der Waals surface area contributed by atoms with Crippen LogP contribution in [-0.2, 0) is 14.4 Å². The summed E-state index contributed by atoms with van der Waals surface area (Å²) in [6, 6.07) is 0. The van der Waals surface area contributed by atoms with Crippen LogP contribution in [0.4, 0.5) is 0 Å². The lowest BCUT2D eigenvalue weighted by Gasteiger charge is -2.25. The van der Waals surface area contributed by atoms with Crippen LogP contribution in [0.25, 0.3) is 0 Å². The maximum atomic E-state index is 11.5. The molecule has 98 valence electrons. The van der Waals surface area contributed by atoms with Gasteiger partial charge < -0.3 is 15.7 Å². The highest BCUT2D eigenvalue weighted by Gasteiger charge is 2.21. The highest BCUT2D eigenvalue weighted by atomic mass is 16.4. The van der Waals surface area contributed by atoms with Gasteiger partial charge >= 0.3 is 5.97 Å². The number of nitrogens with one attached hydrogen (secondary N) is 2. The number of hydrogen-bond acceptors (Lipinski definition) is 3. The number of carboxylic acids is 1. The summed E-state index contributed by atoms with van der Waals surface area (Å²) in [5.41, 5.74) is -0.550. The van der Waals surface area contributed by atoms with Crippen LogP contribution in [0.1, 0.15) is 40.0 Å². The Hall–Kier alpha value is -1.59. The highest BCUT2D eigenvalue weighted by Crippen LogP contribution is 2.11. The van der Waals surface area contributed by atoms with Crippen LogP contribution in [0.2, 0.25) is 0 Å². The van der Waals surface area contributed by atoms with Crippen molar-refractivity contribution >= 4 is 17.8 Å². The topological polar surface area (TPSA) is 95.5 Å². The lowest BCUT2D eigenvalue weighted by Crippen LogP contribution is -2.44. The van der Waals surface area contributed by atoms with E-state index in [9.17, 15) is 14.4 Å². The van der Waals surface area contributed by atoms with E-state index in [0.717, 1.165) is 0 Å². The van der Waals surface area contributed by atoms with Crippen molar-refractivity contribution in [3.63, 3.8) is 0 Å². The number of carboxylic acid groups (broad SMARTS) is 1. The van der Waals surface area contributed by atoms with Crippen LogP contribution >= 0.6 is 0 Å². The van der Waals surface area contributed by atoms with Gasteiger partial charge in [-0.3, -0.25) is 14.4 Å². The van der Waals surface area contributed by atoms with Gasteiger partial charge in [0.05, 0.1) is 0 Å². The molecule has 3 N–H and O–H groups in total. The summed E-state index contributed by atoms with van der Waals surface area (Å²) in [5, 5.41) is 13.8. The molecule has 6 heteroatoms. The SMILES string of the molecule is CC(=O)NCCC(=O)NC(C)(C)CCC(=O)O. The van der Waals surface area contributed by atoms with E-state index >= 15 is 0 Å². The smallest absolute Gasteiger partial charge is 0.303 e. The molecule has 2 amide bonds. The molecule has 0 saturated carbocycles. The molecule has 6 nitrogen and oxygen atoms in total. The predicted molar refractivity (Wildman–Crippen MR) is 62.4 cm³/mol. The Labute approximate surface area is 101 Å². The minimum atomic E-state index is -0.884. The largest absolute Gasteiger partial charge is 0.481 e. The average molecular weight is 244 g/mol. The van der Waals surface area contributed by atoms with Crippen molar-refractivity contribution in [3.8, 4) is 0 Å². The van der Waals surface area contributed by atoms with Crippen LogP contribution in [-0.4, -0.2) is 35.0 Å². The molecule has 17 heavy (non-hydrogen) atoms. The molecule has 0 fully saturated rings. The summed E-state index contributed by atoms with van der Waals surface area (Å²) < 4.78 is 0. The maximum Gasteiger partial charge on any atom is 0.303 e. The molecule has 0 aliphatic rings. The fraction of sp³-hybridized carbons (Fsp3) is 0.727. The minimum Gasteiger partial charge on any atom is -0.481 e. The summed E-state index contributed by atoms with van der Waals surface area (Å²) >= 11 is 0. The van der Waals surface area contributed by atoms with Gasteiger partial charge in [0.25, 0.3) is 0 Å². The van der Waals surface area contributed by atoms with E-state index in [1.807, 2.05) is 0 Å². The Morgan fingerprint density at radius 2 is 1.76 bits per heavy atom. The first-order valence-corrected chi connectivity index (χ1v) is 5.50. The average Bonchev–Trinajstić information content (AvgIpc) is 2.13. The minimum absolute atomic E-state index is 0.0129. The van der Waals surface area contributed by atoms with Crippen LogP contribution in [0, 0.1) is 0 Å². The van der Waals surface area contributed by atoms with Gasteiger partial charge in [0.1, 0.15) is 0 Å². The van der Waals surface area contributed by atoms with E-state index in [4.69, 9.17) is 5.11 Å². The zero-order valence-electron chi connectivity index (χ0n) is 10.5. The van der Waals surface area contributed by atoms with Crippen LogP contribution < -0.4 is 10.6 Å². The molecule has 0 aliphatic heterocycles. The second-order valence-electron chi connectivity index (χ2n) is 4.56. The van der Waals surface area contributed by atoms with Crippen molar-refractivity contribution in [2.75, 3.05) is 6.54 Å². The van der Waals surface area contributed by atoms with Gasteiger partial charge in [0.15, 0.2) is 0 Å². The monoisotopic (exact) mass is 244 g/mol. The lowest BCUT2D eigenvalue weighted by molar-refractivity contribution is -0.138. The first-order chi connectivity index (χ1) is 7.73. The lowest BCUT2D eigenvalue weighted by atomic mass is 9.98. The number of carbonyl (C=O) groups is 3. The number of amides is 2. The molecule has 0 heterocycles. The van der Waals surface area contributed by atoms with Crippen LogP contribution in [0.3, 0.4) is 0 Å². The summed E-state index contributed by atoms with van der Waals surface area (Å²) in [6.07, 6.45) is 0.573. The first-order valence-electron chi connectivity index (χ1n) is 5.50. The first kappa shape index (κ1) is 15.4. The number of aliphatic carboxylic acids is 1. The number of hydrogen-bond donors (Lipinski definition) is 3. The van der Waals surface area contributed by atoms with Gasteiger partial charge in [0, 0.05) is 31.8 Å². The van der Waals surface area contributed by atoms with Crippen LogP contribution in [0.15, 0.2) is 0 Å². The summed E-state index contributed by atoms with van der Waals surface area (Å²) in [4.78, 5) is 32.5. The van der Waals surface area contributed by atoms with E-state index in [0.29, 0.717) is 6.42 Å². The fourth-order valence-corrected chi connectivity index (χ4v) is 1.27. The molecule has 0 aliphatic carbocycles. The van der Waals surface area contributed by atoms with Gasteiger partial charge in [-0.05, 0) is 20.3 Å². The van der Waals surface area contributed by atoms with Gasteiger partial charge in [-0.15, -0.1) is 0 Å². The normalized spacial score (nSPS) is 10.8. The molecule has 0 aromatic carbocycles. The van der Waals surface area contributed by atoms with E-state index < -0.39 is 11.5 Å². The third-order valence-electron chi connectivity index (χ3n) is 2.17. The zero-order chi connectivity index (χ0) is 13.5. The van der Waals surface area contributed by atoms with Gasteiger partial charge in [-0.2, -0.15) is 0 Å². The Kier molecular flexibility index (Phi) is 6.23. The molecule has 0 rings (SSSR count). The van der Waals surface area contributed by atoms with Crippen molar-refractivity contribution in [1.29, 1.82) is 0 Å².